The lowest BCUT2D eigenvalue weighted by Gasteiger charge is -2.11. The largest absolute Gasteiger partial charge is 0.398 e. The molecule has 0 aromatic heterocycles. The fourth-order valence-electron chi connectivity index (χ4n) is 2.10. The van der Waals surface area contributed by atoms with Gasteiger partial charge in [0.1, 0.15) is 0 Å². The number of nitrogens with two attached hydrogens (primary N) is 1. The highest BCUT2D eigenvalue weighted by Crippen LogP contribution is 2.21. The van der Waals surface area contributed by atoms with E-state index >= 15 is 0 Å². The molecule has 2 rings (SSSR count). The van der Waals surface area contributed by atoms with Gasteiger partial charge in [-0.05, 0) is 29.3 Å². The maximum Gasteiger partial charge on any atom is 0.253 e. The van der Waals surface area contributed by atoms with E-state index in [-0.39, 0.29) is 11.2 Å². The van der Waals surface area contributed by atoms with Gasteiger partial charge in [0.15, 0.2) is 0 Å². The summed E-state index contributed by atoms with van der Waals surface area (Å²) in [6.45, 7) is 2.40. The molecule has 0 radical (unpaired) electrons. The van der Waals surface area contributed by atoms with Gasteiger partial charge >= 0.3 is 0 Å². The summed E-state index contributed by atoms with van der Waals surface area (Å²) in [6.07, 6.45) is 2.36. The van der Waals surface area contributed by atoms with Crippen LogP contribution in [-0.4, -0.2) is 28.2 Å². The van der Waals surface area contributed by atoms with Gasteiger partial charge in [0.2, 0.25) is 0 Å². The second-order valence-electron chi connectivity index (χ2n) is 5.14. The Balaban J connectivity index is 2.09. The fourth-order valence-corrected chi connectivity index (χ4v) is 2.55. The lowest BCUT2D eigenvalue weighted by Crippen LogP contribution is -2.28. The maximum absolute atomic E-state index is 12.2. The van der Waals surface area contributed by atoms with Crippen LogP contribution in [0.15, 0.2) is 36.4 Å². The van der Waals surface area contributed by atoms with Crippen molar-refractivity contribution >= 4 is 33.2 Å². The molecule has 0 saturated carbocycles. The molecule has 0 spiro atoms. The molecule has 5 heteroatoms. The van der Waals surface area contributed by atoms with Crippen molar-refractivity contribution in [2.75, 3.05) is 18.5 Å². The summed E-state index contributed by atoms with van der Waals surface area (Å²) in [5.74, 6) is -0.188. The Hall–Kier alpha value is -1.88. The first-order valence-electron chi connectivity index (χ1n) is 6.87. The van der Waals surface area contributed by atoms with Gasteiger partial charge in [0.05, 0.1) is 5.56 Å². The third kappa shape index (κ3) is 3.82. The Kier molecular flexibility index (Phi) is 4.96. The summed E-state index contributed by atoms with van der Waals surface area (Å²) in [7, 11) is -0.868. The summed E-state index contributed by atoms with van der Waals surface area (Å²) in [5.41, 5.74) is 6.91. The number of rotatable bonds is 5. The number of benzene rings is 2. The average Bonchev–Trinajstić information content (AvgIpc) is 2.46. The van der Waals surface area contributed by atoms with E-state index in [9.17, 15) is 9.00 Å². The normalized spacial score (nSPS) is 13.8. The minimum atomic E-state index is -0.868. The SMILES string of the molecule is CC(CCNC(=O)c1cc2ccccc2cc1N)S(C)=O. The minimum absolute atomic E-state index is 0.0688. The quantitative estimate of drug-likeness (QED) is 0.833. The first-order valence-corrected chi connectivity index (χ1v) is 8.50. The highest BCUT2D eigenvalue weighted by molar-refractivity contribution is 7.84. The number of hydrogen-bond acceptors (Lipinski definition) is 3. The highest BCUT2D eigenvalue weighted by atomic mass is 32.2. The van der Waals surface area contributed by atoms with Crippen LogP contribution >= 0.6 is 0 Å². The molecule has 0 saturated heterocycles. The molecule has 112 valence electrons. The number of fused-ring (bicyclic) bond motifs is 1. The maximum atomic E-state index is 12.2. The highest BCUT2D eigenvalue weighted by Gasteiger charge is 2.12. The average molecular weight is 304 g/mol. The van der Waals surface area contributed by atoms with Gasteiger partial charge in [-0.2, -0.15) is 0 Å². The summed E-state index contributed by atoms with van der Waals surface area (Å²) in [5, 5.41) is 4.91. The monoisotopic (exact) mass is 304 g/mol. The van der Waals surface area contributed by atoms with Crippen LogP contribution in [0.2, 0.25) is 0 Å². The van der Waals surface area contributed by atoms with Crippen LogP contribution in [0.25, 0.3) is 10.8 Å². The van der Waals surface area contributed by atoms with Gasteiger partial charge in [-0.3, -0.25) is 9.00 Å². The van der Waals surface area contributed by atoms with E-state index in [1.54, 1.807) is 12.3 Å². The van der Waals surface area contributed by atoms with Crippen LogP contribution < -0.4 is 11.1 Å². The lowest BCUT2D eigenvalue weighted by atomic mass is 10.0. The van der Waals surface area contributed by atoms with Crippen molar-refractivity contribution in [3.8, 4) is 0 Å². The summed E-state index contributed by atoms with van der Waals surface area (Å²) < 4.78 is 11.3. The molecule has 4 nitrogen and oxygen atoms in total. The zero-order valence-electron chi connectivity index (χ0n) is 12.3. The number of hydrogen-bond donors (Lipinski definition) is 2. The summed E-state index contributed by atoms with van der Waals surface area (Å²) >= 11 is 0. The van der Waals surface area contributed by atoms with Crippen molar-refractivity contribution in [2.24, 2.45) is 0 Å². The number of nitrogens with one attached hydrogen (secondary N) is 1. The third-order valence-electron chi connectivity index (χ3n) is 3.57. The van der Waals surface area contributed by atoms with E-state index in [0.717, 1.165) is 10.8 Å². The third-order valence-corrected chi connectivity index (χ3v) is 4.93. The van der Waals surface area contributed by atoms with E-state index < -0.39 is 10.8 Å². The Morgan fingerprint density at radius 1 is 1.29 bits per heavy atom. The molecule has 0 aliphatic rings. The van der Waals surface area contributed by atoms with Crippen molar-refractivity contribution in [1.29, 1.82) is 0 Å². The molecule has 2 aromatic carbocycles. The number of amides is 1. The Morgan fingerprint density at radius 3 is 2.52 bits per heavy atom. The van der Waals surface area contributed by atoms with Gasteiger partial charge < -0.3 is 11.1 Å². The number of nitrogen functional groups attached to an aromatic ring is 1. The van der Waals surface area contributed by atoms with Crippen molar-refractivity contribution < 1.29 is 9.00 Å². The van der Waals surface area contributed by atoms with Gasteiger partial charge in [0.25, 0.3) is 5.91 Å². The molecule has 0 fully saturated rings. The smallest absolute Gasteiger partial charge is 0.253 e. The van der Waals surface area contributed by atoms with Crippen LogP contribution in [0, 0.1) is 0 Å². The van der Waals surface area contributed by atoms with Crippen molar-refractivity contribution in [2.45, 2.75) is 18.6 Å². The van der Waals surface area contributed by atoms with E-state index in [1.165, 1.54) is 0 Å². The first-order chi connectivity index (χ1) is 9.99. The molecular weight excluding hydrogens is 284 g/mol. The molecule has 0 bridgehead atoms. The molecule has 2 unspecified atom stereocenters. The molecule has 0 aliphatic carbocycles. The molecule has 1 amide bonds. The van der Waals surface area contributed by atoms with Gasteiger partial charge in [0, 0.05) is 34.5 Å². The van der Waals surface area contributed by atoms with Gasteiger partial charge in [-0.15, -0.1) is 0 Å². The zero-order chi connectivity index (χ0) is 15.4. The second kappa shape index (κ2) is 6.72. The summed E-state index contributed by atoms with van der Waals surface area (Å²) in [6, 6.07) is 11.4. The Labute approximate surface area is 127 Å². The van der Waals surface area contributed by atoms with Crippen LogP contribution in [0.1, 0.15) is 23.7 Å². The fraction of sp³-hybridized carbons (Fsp3) is 0.312. The standard InChI is InChI=1S/C16H20N2O2S/c1-11(21(2)20)7-8-18-16(19)14-9-12-5-3-4-6-13(12)10-15(14)17/h3-6,9-11H,7-8,17H2,1-2H3,(H,18,19). The summed E-state index contributed by atoms with van der Waals surface area (Å²) in [4.78, 5) is 12.2. The minimum Gasteiger partial charge on any atom is -0.398 e. The Morgan fingerprint density at radius 2 is 1.90 bits per heavy atom. The van der Waals surface area contributed by atoms with E-state index in [1.807, 2.05) is 37.3 Å². The molecule has 2 atom stereocenters. The van der Waals surface area contributed by atoms with E-state index in [2.05, 4.69) is 5.32 Å². The molecule has 2 aromatic rings. The zero-order valence-corrected chi connectivity index (χ0v) is 13.1. The number of anilines is 1. The molecule has 0 heterocycles. The number of carbonyl (C=O) groups is 1. The Bertz CT molecular complexity index is 685. The van der Waals surface area contributed by atoms with Crippen LogP contribution in [0.3, 0.4) is 0 Å². The predicted octanol–water partition coefficient (Wildman–Crippen LogP) is 2.31. The van der Waals surface area contributed by atoms with Crippen molar-refractivity contribution in [1.82, 2.24) is 5.32 Å². The second-order valence-corrected chi connectivity index (χ2v) is 6.94. The molecule has 3 N–H and O–H groups in total. The molecule has 21 heavy (non-hydrogen) atoms. The van der Waals surface area contributed by atoms with Crippen LogP contribution in [0.4, 0.5) is 5.69 Å². The van der Waals surface area contributed by atoms with Crippen LogP contribution in [-0.2, 0) is 10.8 Å². The van der Waals surface area contributed by atoms with Crippen molar-refractivity contribution in [3.05, 3.63) is 42.0 Å². The topological polar surface area (TPSA) is 72.2 Å². The molecule has 0 aliphatic heterocycles. The predicted molar refractivity (Wildman–Crippen MR) is 88.8 cm³/mol. The van der Waals surface area contributed by atoms with E-state index in [4.69, 9.17) is 5.73 Å². The lowest BCUT2D eigenvalue weighted by molar-refractivity contribution is 0.0954. The molecular formula is C16H20N2O2S. The van der Waals surface area contributed by atoms with Gasteiger partial charge in [-0.25, -0.2) is 0 Å². The van der Waals surface area contributed by atoms with Gasteiger partial charge in [-0.1, -0.05) is 31.2 Å². The van der Waals surface area contributed by atoms with Crippen LogP contribution in [0.5, 0.6) is 0 Å². The van der Waals surface area contributed by atoms with Crippen molar-refractivity contribution in [3.63, 3.8) is 0 Å². The first kappa shape index (κ1) is 15.5. The van der Waals surface area contributed by atoms with E-state index in [0.29, 0.717) is 24.2 Å². The number of carbonyl (C=O) groups excluding carboxylic acids is 1.